The van der Waals surface area contributed by atoms with Crippen molar-refractivity contribution in [3.8, 4) is 0 Å². The largest absolute Gasteiger partial charge is 0.465 e. The van der Waals surface area contributed by atoms with Crippen LogP contribution in [0.1, 0.15) is 42.4 Å². The second-order valence-corrected chi connectivity index (χ2v) is 7.66. The van der Waals surface area contributed by atoms with Crippen LogP contribution >= 0.6 is 15.9 Å². The quantitative estimate of drug-likeness (QED) is 0.732. The molecular weight excluding hydrogens is 374 g/mol. The Morgan fingerprint density at radius 2 is 1.83 bits per heavy atom. The van der Waals surface area contributed by atoms with E-state index >= 15 is 0 Å². The summed E-state index contributed by atoms with van der Waals surface area (Å²) in [5.41, 5.74) is 2.39. The van der Waals surface area contributed by atoms with E-state index < -0.39 is 11.6 Å². The van der Waals surface area contributed by atoms with Gasteiger partial charge in [-0.3, -0.25) is 4.79 Å². The third kappa shape index (κ3) is 3.64. The first kappa shape index (κ1) is 18.5. The van der Waals surface area contributed by atoms with E-state index in [0.717, 1.165) is 20.9 Å². The van der Waals surface area contributed by atoms with Crippen LogP contribution in [0, 0.1) is 13.8 Å². The SMILES string of the molecule is COC(=O)c1c(C)n(CC(=O)OC(C)(C)C)c2c(C)cc(Br)cc12. The molecule has 24 heavy (non-hydrogen) atoms. The molecule has 130 valence electrons. The van der Waals surface area contributed by atoms with Crippen LogP contribution in [-0.2, 0) is 20.8 Å². The molecule has 1 aromatic carbocycles. The molecule has 0 atom stereocenters. The maximum absolute atomic E-state index is 12.3. The summed E-state index contributed by atoms with van der Waals surface area (Å²) in [6.45, 7) is 9.28. The van der Waals surface area contributed by atoms with E-state index in [1.807, 2.05) is 51.3 Å². The number of carbonyl (C=O) groups is 2. The Morgan fingerprint density at radius 3 is 2.38 bits per heavy atom. The van der Waals surface area contributed by atoms with Gasteiger partial charge in [0, 0.05) is 15.6 Å². The molecule has 2 aromatic rings. The number of ether oxygens (including phenoxy) is 2. The van der Waals surface area contributed by atoms with E-state index in [4.69, 9.17) is 9.47 Å². The Labute approximate surface area is 150 Å². The van der Waals surface area contributed by atoms with Crippen LogP contribution < -0.4 is 0 Å². The predicted molar refractivity (Wildman–Crippen MR) is 96.3 cm³/mol. The van der Waals surface area contributed by atoms with Gasteiger partial charge in [-0.2, -0.15) is 0 Å². The zero-order valence-electron chi connectivity index (χ0n) is 14.8. The van der Waals surface area contributed by atoms with Crippen LogP contribution in [-0.4, -0.2) is 29.2 Å². The van der Waals surface area contributed by atoms with Gasteiger partial charge in [-0.25, -0.2) is 4.79 Å². The highest BCUT2D eigenvalue weighted by molar-refractivity contribution is 9.10. The maximum atomic E-state index is 12.3. The molecule has 1 aromatic heterocycles. The summed E-state index contributed by atoms with van der Waals surface area (Å²) in [5, 5.41) is 0.759. The van der Waals surface area contributed by atoms with E-state index in [1.54, 1.807) is 0 Å². The third-order valence-electron chi connectivity index (χ3n) is 3.67. The number of hydrogen-bond donors (Lipinski definition) is 0. The molecule has 2 rings (SSSR count). The number of halogens is 1. The van der Waals surface area contributed by atoms with Crippen LogP contribution in [0.3, 0.4) is 0 Å². The first-order valence-corrected chi connectivity index (χ1v) is 8.43. The fourth-order valence-electron chi connectivity index (χ4n) is 2.84. The zero-order chi connectivity index (χ0) is 18.2. The van der Waals surface area contributed by atoms with E-state index in [2.05, 4.69) is 15.9 Å². The lowest BCUT2D eigenvalue weighted by Gasteiger charge is -2.20. The topological polar surface area (TPSA) is 57.5 Å². The number of benzene rings is 1. The number of methoxy groups -OCH3 is 1. The highest BCUT2D eigenvalue weighted by atomic mass is 79.9. The molecule has 0 bridgehead atoms. The molecule has 5 nitrogen and oxygen atoms in total. The Hall–Kier alpha value is -1.82. The molecule has 0 unspecified atom stereocenters. The van der Waals surface area contributed by atoms with Gasteiger partial charge in [0.05, 0.1) is 18.2 Å². The van der Waals surface area contributed by atoms with Gasteiger partial charge in [0.15, 0.2) is 0 Å². The van der Waals surface area contributed by atoms with Crippen LogP contribution in [0.5, 0.6) is 0 Å². The van der Waals surface area contributed by atoms with Crippen molar-refractivity contribution in [2.24, 2.45) is 0 Å². The van der Waals surface area contributed by atoms with Crippen molar-refractivity contribution < 1.29 is 19.1 Å². The minimum atomic E-state index is -0.558. The number of fused-ring (bicyclic) bond motifs is 1. The summed E-state index contributed by atoms with van der Waals surface area (Å²) in [4.78, 5) is 24.5. The van der Waals surface area contributed by atoms with Crippen LogP contribution in [0.25, 0.3) is 10.9 Å². The first-order valence-electron chi connectivity index (χ1n) is 7.64. The normalized spacial score (nSPS) is 11.6. The number of aryl methyl sites for hydroxylation is 1. The smallest absolute Gasteiger partial charge is 0.340 e. The number of hydrogen-bond acceptors (Lipinski definition) is 4. The lowest BCUT2D eigenvalue weighted by atomic mass is 10.1. The zero-order valence-corrected chi connectivity index (χ0v) is 16.4. The van der Waals surface area contributed by atoms with E-state index in [9.17, 15) is 9.59 Å². The molecule has 0 saturated heterocycles. The standard InChI is InChI=1S/C18H22BrNO4/c1-10-7-12(19)8-13-15(17(22)23-6)11(2)20(16(10)13)9-14(21)24-18(3,4)5/h7-8H,9H2,1-6H3. The van der Waals surface area contributed by atoms with Crippen molar-refractivity contribution in [3.05, 3.63) is 33.4 Å². The number of aromatic nitrogens is 1. The van der Waals surface area contributed by atoms with Crippen molar-refractivity contribution in [1.82, 2.24) is 4.57 Å². The summed E-state index contributed by atoms with van der Waals surface area (Å²) in [7, 11) is 1.35. The van der Waals surface area contributed by atoms with Gasteiger partial charge in [-0.05, 0) is 52.3 Å². The second-order valence-electron chi connectivity index (χ2n) is 6.74. The number of esters is 2. The number of carbonyl (C=O) groups excluding carboxylic acids is 2. The molecule has 0 saturated carbocycles. The highest BCUT2D eigenvalue weighted by Gasteiger charge is 2.25. The molecule has 1 heterocycles. The van der Waals surface area contributed by atoms with Crippen molar-refractivity contribution >= 4 is 38.8 Å². The fourth-order valence-corrected chi connectivity index (χ4v) is 3.41. The van der Waals surface area contributed by atoms with Gasteiger partial charge >= 0.3 is 11.9 Å². The molecule has 6 heteroatoms. The Kier molecular flexibility index (Phi) is 5.08. The minimum absolute atomic E-state index is 0.0407. The summed E-state index contributed by atoms with van der Waals surface area (Å²) >= 11 is 3.46. The summed E-state index contributed by atoms with van der Waals surface area (Å²) in [5.74, 6) is -0.765. The van der Waals surface area contributed by atoms with Gasteiger partial charge in [-0.15, -0.1) is 0 Å². The van der Waals surface area contributed by atoms with Crippen LogP contribution in [0.15, 0.2) is 16.6 Å². The van der Waals surface area contributed by atoms with E-state index in [0.29, 0.717) is 11.3 Å². The van der Waals surface area contributed by atoms with Crippen molar-refractivity contribution in [3.63, 3.8) is 0 Å². The lowest BCUT2D eigenvalue weighted by Crippen LogP contribution is -2.27. The molecule has 0 aliphatic carbocycles. The van der Waals surface area contributed by atoms with Gasteiger partial charge < -0.3 is 14.0 Å². The minimum Gasteiger partial charge on any atom is -0.465 e. The highest BCUT2D eigenvalue weighted by Crippen LogP contribution is 2.32. The molecule has 0 aliphatic heterocycles. The van der Waals surface area contributed by atoms with Crippen LogP contribution in [0.2, 0.25) is 0 Å². The summed E-state index contributed by atoms with van der Waals surface area (Å²) < 4.78 is 13.0. The Bertz CT molecular complexity index is 815. The molecule has 0 N–H and O–H groups in total. The van der Waals surface area contributed by atoms with E-state index in [-0.39, 0.29) is 12.5 Å². The summed E-state index contributed by atoms with van der Waals surface area (Å²) in [6, 6.07) is 3.82. The van der Waals surface area contributed by atoms with Gasteiger partial charge in [-0.1, -0.05) is 15.9 Å². The average molecular weight is 396 g/mol. The first-order chi connectivity index (χ1) is 11.0. The van der Waals surface area contributed by atoms with Crippen molar-refractivity contribution in [2.45, 2.75) is 46.8 Å². The number of rotatable bonds is 3. The van der Waals surface area contributed by atoms with Crippen LogP contribution in [0.4, 0.5) is 0 Å². The van der Waals surface area contributed by atoms with Gasteiger partial charge in [0.1, 0.15) is 12.1 Å². The summed E-state index contributed by atoms with van der Waals surface area (Å²) in [6.07, 6.45) is 0. The number of nitrogens with zero attached hydrogens (tertiary/aromatic N) is 1. The molecule has 0 aliphatic rings. The molecule has 0 spiro atoms. The predicted octanol–water partition coefficient (Wildman–Crippen LogP) is 4.15. The fraction of sp³-hybridized carbons (Fsp3) is 0.444. The Morgan fingerprint density at radius 1 is 1.21 bits per heavy atom. The Balaban J connectivity index is 2.63. The van der Waals surface area contributed by atoms with E-state index in [1.165, 1.54) is 7.11 Å². The van der Waals surface area contributed by atoms with Gasteiger partial charge in [0.25, 0.3) is 0 Å². The lowest BCUT2D eigenvalue weighted by molar-refractivity contribution is -0.155. The monoisotopic (exact) mass is 395 g/mol. The van der Waals surface area contributed by atoms with Gasteiger partial charge in [0.2, 0.25) is 0 Å². The molecular formula is C18H22BrNO4. The maximum Gasteiger partial charge on any atom is 0.340 e. The third-order valence-corrected chi connectivity index (χ3v) is 4.13. The molecule has 0 fully saturated rings. The van der Waals surface area contributed by atoms with Crippen molar-refractivity contribution in [2.75, 3.05) is 7.11 Å². The second kappa shape index (κ2) is 6.59. The average Bonchev–Trinajstić information content (AvgIpc) is 2.68. The van der Waals surface area contributed by atoms with Crippen molar-refractivity contribution in [1.29, 1.82) is 0 Å². The molecule has 0 amide bonds. The molecule has 0 radical (unpaired) electrons.